The molecule has 19 unspecified atom stereocenters. The lowest BCUT2D eigenvalue weighted by Gasteiger charge is -2.54. The molecule has 0 aromatic carbocycles. The number of hydrogen-bond donors (Lipinski definition) is 0. The van der Waals surface area contributed by atoms with E-state index in [2.05, 4.69) is 28.4 Å². The van der Waals surface area contributed by atoms with Crippen molar-refractivity contribution < 1.29 is 9.47 Å². The van der Waals surface area contributed by atoms with Gasteiger partial charge in [-0.25, -0.2) is 0 Å². The summed E-state index contributed by atoms with van der Waals surface area (Å²) in [7, 11) is 0. The van der Waals surface area contributed by atoms with Gasteiger partial charge in [0.25, 0.3) is 0 Å². The minimum absolute atomic E-state index is 0.508. The van der Waals surface area contributed by atoms with Crippen molar-refractivity contribution in [2.45, 2.75) is 211 Å². The van der Waals surface area contributed by atoms with Gasteiger partial charge in [0.05, 0.1) is 24.4 Å². The third-order valence-corrected chi connectivity index (χ3v) is 21.2. The predicted molar refractivity (Wildman–Crippen MR) is 195 cm³/mol. The maximum absolute atomic E-state index is 7.38. The topological polar surface area (TPSA) is 21.7 Å². The zero-order valence-electron chi connectivity index (χ0n) is 29.3. The molecule has 4 heterocycles. The summed E-state index contributed by atoms with van der Waals surface area (Å²) in [6.07, 6.45) is 35.8. The zero-order valence-corrected chi connectivity index (χ0v) is 30.9. The molecule has 262 valence electrons. The molecule has 0 spiro atoms. The van der Waals surface area contributed by atoms with Gasteiger partial charge >= 0.3 is 0 Å². The number of thioether (sulfide) groups is 2. The molecule has 7 aliphatic carbocycles. The van der Waals surface area contributed by atoms with E-state index in [1.807, 2.05) is 0 Å². The summed E-state index contributed by atoms with van der Waals surface area (Å²) < 4.78 is 14.8. The van der Waals surface area contributed by atoms with E-state index in [4.69, 9.17) is 9.47 Å². The molecular weight excluding hydrogens is 615 g/mol. The summed E-state index contributed by atoms with van der Waals surface area (Å²) in [5.74, 6) is 7.50. The quantitative estimate of drug-likeness (QED) is 0.295. The second-order valence-corrected chi connectivity index (χ2v) is 22.0. The highest BCUT2D eigenvalue weighted by molar-refractivity contribution is 8.02. The Balaban J connectivity index is 0.947. The molecule has 3 nitrogen and oxygen atoms in total. The Morgan fingerprint density at radius 2 is 0.894 bits per heavy atom. The van der Waals surface area contributed by atoms with Crippen LogP contribution in [0.4, 0.5) is 0 Å². The van der Waals surface area contributed by atoms with Crippen molar-refractivity contribution in [2.75, 3.05) is 0 Å². The van der Waals surface area contributed by atoms with E-state index < -0.39 is 0 Å². The first-order chi connectivity index (χ1) is 23.3. The van der Waals surface area contributed by atoms with E-state index in [9.17, 15) is 0 Å². The molecule has 11 aliphatic rings. The van der Waals surface area contributed by atoms with Crippen LogP contribution in [0.1, 0.15) is 148 Å². The van der Waals surface area contributed by atoms with Crippen molar-refractivity contribution in [1.29, 1.82) is 0 Å². The Bertz CT molecular complexity index is 1100. The second kappa shape index (κ2) is 12.6. The molecule has 11 fully saturated rings. The van der Waals surface area contributed by atoms with Crippen molar-refractivity contribution in [1.82, 2.24) is 4.90 Å². The first-order valence-corrected chi connectivity index (χ1v) is 23.6. The van der Waals surface area contributed by atoms with Gasteiger partial charge in [-0.2, -0.15) is 23.5 Å². The number of rotatable bonds is 3. The lowest BCUT2D eigenvalue weighted by atomic mass is 9.64. The number of nitrogens with zero attached hydrogens (tertiary/aromatic N) is 1. The maximum Gasteiger partial charge on any atom is 0.0766 e. The van der Waals surface area contributed by atoms with Gasteiger partial charge in [0.1, 0.15) is 0 Å². The van der Waals surface area contributed by atoms with Gasteiger partial charge in [-0.15, -0.1) is 0 Å². The van der Waals surface area contributed by atoms with Crippen molar-refractivity contribution in [3.8, 4) is 0 Å². The fraction of sp³-hybridized carbons (Fsp3) is 1.00. The van der Waals surface area contributed by atoms with Gasteiger partial charge < -0.3 is 9.47 Å². The third-order valence-electron chi connectivity index (χ3n) is 17.4. The minimum Gasteiger partial charge on any atom is -0.373 e. The monoisotopic (exact) mass is 679 g/mol. The smallest absolute Gasteiger partial charge is 0.0766 e. The highest BCUT2D eigenvalue weighted by Gasteiger charge is 2.62. The van der Waals surface area contributed by atoms with Gasteiger partial charge in [0, 0.05) is 39.1 Å². The van der Waals surface area contributed by atoms with E-state index in [0.29, 0.717) is 36.5 Å². The van der Waals surface area contributed by atoms with Crippen LogP contribution >= 0.6 is 23.5 Å². The summed E-state index contributed by atoms with van der Waals surface area (Å²) >= 11 is 5.13. The number of hydrogen-bond acceptors (Lipinski definition) is 5. The first kappa shape index (κ1) is 31.1. The molecule has 0 N–H and O–H groups in total. The van der Waals surface area contributed by atoms with Crippen LogP contribution < -0.4 is 0 Å². The Hall–Kier alpha value is 0.580. The highest BCUT2D eigenvalue weighted by atomic mass is 32.2. The highest BCUT2D eigenvalue weighted by Crippen LogP contribution is 2.65. The molecular formula is C42H65NO2S2. The lowest BCUT2D eigenvalue weighted by Crippen LogP contribution is -2.64. The molecule has 0 aromatic heterocycles. The minimum atomic E-state index is 0.508. The van der Waals surface area contributed by atoms with Gasteiger partial charge in [-0.1, -0.05) is 57.8 Å². The van der Waals surface area contributed by atoms with E-state index in [-0.39, 0.29) is 0 Å². The van der Waals surface area contributed by atoms with Crippen LogP contribution in [0.5, 0.6) is 0 Å². The van der Waals surface area contributed by atoms with Crippen LogP contribution in [0.3, 0.4) is 0 Å². The molecule has 0 radical (unpaired) electrons. The van der Waals surface area contributed by atoms with Crippen molar-refractivity contribution >= 4 is 23.5 Å². The van der Waals surface area contributed by atoms with E-state index in [0.717, 1.165) is 74.4 Å². The standard InChI is InChI=1S/C42H65NO2S2/c1-4-19-34-24(10-1)26-13-7-16-31(39(26)44-34)43(32-17-8-14-27-25-11-2-5-20-35(25)45-40(27)32)33-18-9-15-28-29-22-23-37-38(42(29)47-41(28)33)30-12-3-6-21-36(30)46-37/h24-42H,1-23H2. The molecule has 7 saturated carbocycles. The normalized spacial score (nSPS) is 58.0. The Kier molecular flexibility index (Phi) is 8.36. The maximum atomic E-state index is 7.38. The Morgan fingerprint density at radius 1 is 0.362 bits per heavy atom. The van der Waals surface area contributed by atoms with Crippen molar-refractivity contribution in [3.63, 3.8) is 0 Å². The average molecular weight is 680 g/mol. The SMILES string of the molecule is C1CCC2C(C1)OC1C2CCCC1N(C1CCCC2C3CCCCC3OC21)C1CCCC2C3CCC4SC5CCCCC5C4C3SC21. The van der Waals surface area contributed by atoms with E-state index in [1.165, 1.54) is 128 Å². The van der Waals surface area contributed by atoms with Gasteiger partial charge in [0.15, 0.2) is 0 Å². The van der Waals surface area contributed by atoms with Gasteiger partial charge in [0.2, 0.25) is 0 Å². The molecule has 19 atom stereocenters. The summed E-state index contributed by atoms with van der Waals surface area (Å²) in [5, 5.41) is 3.85. The second-order valence-electron chi connectivity index (χ2n) is 19.2. The number of ether oxygens (including phenoxy) is 2. The summed E-state index contributed by atoms with van der Waals surface area (Å²) in [6, 6.07) is 2.07. The first-order valence-electron chi connectivity index (χ1n) is 21.7. The largest absolute Gasteiger partial charge is 0.373 e. The molecule has 4 saturated heterocycles. The van der Waals surface area contributed by atoms with Crippen LogP contribution in [0, 0.1) is 47.3 Å². The third kappa shape index (κ3) is 4.96. The predicted octanol–water partition coefficient (Wildman–Crippen LogP) is 9.89. The van der Waals surface area contributed by atoms with E-state index >= 15 is 0 Å². The van der Waals surface area contributed by atoms with Crippen LogP contribution in [0.15, 0.2) is 0 Å². The van der Waals surface area contributed by atoms with Gasteiger partial charge in [-0.05, 0) is 137 Å². The van der Waals surface area contributed by atoms with Crippen molar-refractivity contribution in [3.05, 3.63) is 0 Å². The molecule has 47 heavy (non-hydrogen) atoms. The Morgan fingerprint density at radius 3 is 1.57 bits per heavy atom. The fourth-order valence-electron chi connectivity index (χ4n) is 15.8. The molecule has 0 amide bonds. The summed E-state index contributed by atoms with van der Waals surface area (Å²) in [4.78, 5) is 3.35. The fourth-order valence-corrected chi connectivity index (χ4v) is 20.5. The van der Waals surface area contributed by atoms with Crippen LogP contribution in [-0.2, 0) is 9.47 Å². The number of fused-ring (bicyclic) bond motifs is 13. The molecule has 4 aliphatic heterocycles. The zero-order chi connectivity index (χ0) is 30.6. The van der Waals surface area contributed by atoms with Gasteiger partial charge in [-0.3, -0.25) is 4.90 Å². The van der Waals surface area contributed by atoms with Crippen LogP contribution in [0.25, 0.3) is 0 Å². The Labute approximate surface area is 295 Å². The molecule has 0 aromatic rings. The van der Waals surface area contributed by atoms with Crippen LogP contribution in [-0.4, -0.2) is 68.4 Å². The molecule has 11 rings (SSSR count). The lowest BCUT2D eigenvalue weighted by molar-refractivity contribution is -0.118. The summed E-state index contributed by atoms with van der Waals surface area (Å²) in [5.41, 5.74) is 0. The van der Waals surface area contributed by atoms with E-state index in [1.54, 1.807) is 19.3 Å². The molecule has 5 heteroatoms. The van der Waals surface area contributed by atoms with Crippen molar-refractivity contribution in [2.24, 2.45) is 47.3 Å². The van der Waals surface area contributed by atoms with Crippen LogP contribution in [0.2, 0.25) is 0 Å². The average Bonchev–Trinajstić information content (AvgIpc) is 3.88. The summed E-state index contributed by atoms with van der Waals surface area (Å²) in [6.45, 7) is 0. The molecule has 0 bridgehead atoms.